The van der Waals surface area contributed by atoms with Gasteiger partial charge in [-0.2, -0.15) is 4.31 Å². The molecule has 0 unspecified atom stereocenters. The molecule has 0 aliphatic rings. The van der Waals surface area contributed by atoms with Crippen LogP contribution in [0, 0.1) is 17.5 Å². The molecule has 2 aromatic rings. The van der Waals surface area contributed by atoms with Crippen LogP contribution < -0.4 is 5.32 Å². The molecular formula is C17H17F3N2O3S. The summed E-state index contributed by atoms with van der Waals surface area (Å²) in [7, 11) is -3.65. The summed E-state index contributed by atoms with van der Waals surface area (Å²) in [6, 6.07) is 8.45. The van der Waals surface area contributed by atoms with Crippen LogP contribution in [0.3, 0.4) is 0 Å². The van der Waals surface area contributed by atoms with Gasteiger partial charge in [0.1, 0.15) is 5.82 Å². The predicted octanol–water partition coefficient (Wildman–Crippen LogP) is 2.30. The van der Waals surface area contributed by atoms with Crippen LogP contribution in [-0.2, 0) is 16.6 Å². The maximum absolute atomic E-state index is 13.7. The lowest BCUT2D eigenvalue weighted by Gasteiger charge is -2.20. The average Bonchev–Trinajstić information content (AvgIpc) is 2.57. The van der Waals surface area contributed by atoms with Crippen LogP contribution in [0.15, 0.2) is 42.5 Å². The van der Waals surface area contributed by atoms with Crippen molar-refractivity contribution in [3.05, 3.63) is 71.0 Å². The molecule has 9 heteroatoms. The van der Waals surface area contributed by atoms with E-state index in [0.717, 1.165) is 28.8 Å². The van der Waals surface area contributed by atoms with E-state index in [2.05, 4.69) is 5.32 Å². The lowest BCUT2D eigenvalue weighted by atomic mass is 10.2. The van der Waals surface area contributed by atoms with Crippen molar-refractivity contribution in [3.63, 3.8) is 0 Å². The monoisotopic (exact) mass is 386 g/mol. The van der Waals surface area contributed by atoms with Gasteiger partial charge in [0.15, 0.2) is 11.6 Å². The fourth-order valence-electron chi connectivity index (χ4n) is 2.21. The molecule has 0 radical (unpaired) electrons. The Labute approximate surface area is 149 Å². The number of carbonyl (C=O) groups is 1. The first-order valence-corrected chi connectivity index (χ1v) is 9.45. The molecule has 1 amide bonds. The summed E-state index contributed by atoms with van der Waals surface area (Å²) >= 11 is 0. The van der Waals surface area contributed by atoms with Crippen molar-refractivity contribution >= 4 is 15.9 Å². The molecule has 2 rings (SSSR count). The van der Waals surface area contributed by atoms with Gasteiger partial charge in [0, 0.05) is 30.8 Å². The van der Waals surface area contributed by atoms with Crippen molar-refractivity contribution < 1.29 is 26.4 Å². The lowest BCUT2D eigenvalue weighted by Crippen LogP contribution is -2.37. The molecule has 2 aromatic carbocycles. The van der Waals surface area contributed by atoms with Gasteiger partial charge in [-0.25, -0.2) is 21.6 Å². The number of hydrogen-bond donors (Lipinski definition) is 1. The molecule has 0 aliphatic heterocycles. The van der Waals surface area contributed by atoms with Crippen LogP contribution in [0.4, 0.5) is 13.2 Å². The van der Waals surface area contributed by atoms with Gasteiger partial charge in [0.05, 0.1) is 6.26 Å². The SMILES string of the molecule is CS(=O)(=O)N(CCNC(=O)c1ccc(F)c(F)c1)Cc1ccccc1F. The first-order chi connectivity index (χ1) is 12.2. The predicted molar refractivity (Wildman–Crippen MR) is 90.3 cm³/mol. The van der Waals surface area contributed by atoms with Gasteiger partial charge < -0.3 is 5.32 Å². The number of carbonyl (C=O) groups excluding carboxylic acids is 1. The summed E-state index contributed by atoms with van der Waals surface area (Å²) in [6.07, 6.45) is 0.977. The Bertz CT molecular complexity index is 904. The minimum absolute atomic E-state index is 0.0840. The maximum atomic E-state index is 13.7. The zero-order chi connectivity index (χ0) is 19.3. The molecule has 0 bridgehead atoms. The van der Waals surface area contributed by atoms with Crippen molar-refractivity contribution in [2.24, 2.45) is 0 Å². The lowest BCUT2D eigenvalue weighted by molar-refractivity contribution is 0.0951. The highest BCUT2D eigenvalue weighted by molar-refractivity contribution is 7.88. The van der Waals surface area contributed by atoms with Gasteiger partial charge in [-0.3, -0.25) is 4.79 Å². The highest BCUT2D eigenvalue weighted by atomic mass is 32.2. The Morgan fingerprint density at radius 3 is 2.35 bits per heavy atom. The number of benzene rings is 2. The van der Waals surface area contributed by atoms with E-state index in [1.807, 2.05) is 0 Å². The number of nitrogens with one attached hydrogen (secondary N) is 1. The molecule has 0 heterocycles. The zero-order valence-corrected chi connectivity index (χ0v) is 14.7. The number of sulfonamides is 1. The van der Waals surface area contributed by atoms with Crippen molar-refractivity contribution in [2.45, 2.75) is 6.54 Å². The molecule has 0 aromatic heterocycles. The van der Waals surface area contributed by atoms with Gasteiger partial charge >= 0.3 is 0 Å². The van der Waals surface area contributed by atoms with Gasteiger partial charge in [-0.15, -0.1) is 0 Å². The summed E-state index contributed by atoms with van der Waals surface area (Å²) in [4.78, 5) is 11.9. The van der Waals surface area contributed by atoms with E-state index in [0.29, 0.717) is 0 Å². The quantitative estimate of drug-likeness (QED) is 0.794. The highest BCUT2D eigenvalue weighted by Crippen LogP contribution is 2.12. The van der Waals surface area contributed by atoms with Crippen LogP contribution in [-0.4, -0.2) is 38.0 Å². The fraction of sp³-hybridized carbons (Fsp3) is 0.235. The Hall–Kier alpha value is -2.39. The Balaban J connectivity index is 2.00. The molecule has 0 saturated carbocycles. The first kappa shape index (κ1) is 19.9. The van der Waals surface area contributed by atoms with Crippen LogP contribution in [0.5, 0.6) is 0 Å². The normalized spacial score (nSPS) is 11.6. The van der Waals surface area contributed by atoms with Crippen LogP contribution in [0.1, 0.15) is 15.9 Å². The van der Waals surface area contributed by atoms with Gasteiger partial charge in [-0.1, -0.05) is 18.2 Å². The molecule has 0 aliphatic carbocycles. The third kappa shape index (κ3) is 5.30. The molecular weight excluding hydrogens is 369 g/mol. The number of hydrogen-bond acceptors (Lipinski definition) is 3. The number of nitrogens with zero attached hydrogens (tertiary/aromatic N) is 1. The molecule has 0 fully saturated rings. The molecule has 26 heavy (non-hydrogen) atoms. The average molecular weight is 386 g/mol. The summed E-state index contributed by atoms with van der Waals surface area (Å²) in [6.45, 7) is -0.380. The third-order valence-electron chi connectivity index (χ3n) is 3.60. The van der Waals surface area contributed by atoms with Crippen molar-refractivity contribution in [1.29, 1.82) is 0 Å². The second-order valence-electron chi connectivity index (χ2n) is 5.57. The smallest absolute Gasteiger partial charge is 0.251 e. The standard InChI is InChI=1S/C17H17F3N2O3S/c1-26(24,25)22(11-13-4-2-3-5-14(13)18)9-8-21-17(23)12-6-7-15(19)16(20)10-12/h2-7,10H,8-9,11H2,1H3,(H,21,23). The fourth-order valence-corrected chi connectivity index (χ4v) is 3.01. The number of amides is 1. The maximum Gasteiger partial charge on any atom is 0.251 e. The second-order valence-corrected chi connectivity index (χ2v) is 7.56. The van der Waals surface area contributed by atoms with E-state index in [1.165, 1.54) is 18.2 Å². The Morgan fingerprint density at radius 1 is 1.04 bits per heavy atom. The van der Waals surface area contributed by atoms with Crippen molar-refractivity contribution in [3.8, 4) is 0 Å². The van der Waals surface area contributed by atoms with Crippen LogP contribution in [0.2, 0.25) is 0 Å². The molecule has 0 spiro atoms. The molecule has 1 N–H and O–H groups in total. The minimum Gasteiger partial charge on any atom is -0.351 e. The van der Waals surface area contributed by atoms with E-state index < -0.39 is 33.4 Å². The zero-order valence-electron chi connectivity index (χ0n) is 13.9. The molecule has 5 nitrogen and oxygen atoms in total. The highest BCUT2D eigenvalue weighted by Gasteiger charge is 2.19. The van der Waals surface area contributed by atoms with Gasteiger partial charge in [0.25, 0.3) is 5.91 Å². The molecule has 140 valence electrons. The topological polar surface area (TPSA) is 66.5 Å². The van der Waals surface area contributed by atoms with Crippen molar-refractivity contribution in [2.75, 3.05) is 19.3 Å². The summed E-state index contributed by atoms with van der Waals surface area (Å²) in [5.41, 5.74) is 0.105. The summed E-state index contributed by atoms with van der Waals surface area (Å²) < 4.78 is 64.5. The van der Waals surface area contributed by atoms with Crippen LogP contribution in [0.25, 0.3) is 0 Å². The second kappa shape index (κ2) is 8.33. The molecule has 0 saturated heterocycles. The third-order valence-corrected chi connectivity index (χ3v) is 4.85. The summed E-state index contributed by atoms with van der Waals surface area (Å²) in [5.74, 6) is -3.44. The van der Waals surface area contributed by atoms with E-state index in [1.54, 1.807) is 6.07 Å². The molecule has 0 atom stereocenters. The largest absolute Gasteiger partial charge is 0.351 e. The number of rotatable bonds is 7. The minimum atomic E-state index is -3.65. The van der Waals surface area contributed by atoms with Gasteiger partial charge in [-0.05, 0) is 24.3 Å². The Morgan fingerprint density at radius 2 is 1.73 bits per heavy atom. The van der Waals surface area contributed by atoms with Gasteiger partial charge in [0.2, 0.25) is 10.0 Å². The summed E-state index contributed by atoms with van der Waals surface area (Å²) in [5, 5.41) is 2.42. The van der Waals surface area contributed by atoms with E-state index in [4.69, 9.17) is 0 Å². The van der Waals surface area contributed by atoms with E-state index in [9.17, 15) is 26.4 Å². The Kier molecular flexibility index (Phi) is 6.38. The van der Waals surface area contributed by atoms with E-state index >= 15 is 0 Å². The van der Waals surface area contributed by atoms with Crippen molar-refractivity contribution in [1.82, 2.24) is 9.62 Å². The van der Waals surface area contributed by atoms with Crippen LogP contribution >= 0.6 is 0 Å². The number of halogens is 3. The van der Waals surface area contributed by atoms with E-state index in [-0.39, 0.29) is 30.8 Å². The first-order valence-electron chi connectivity index (χ1n) is 7.60.